The maximum absolute atomic E-state index is 13.5. The molecule has 0 bridgehead atoms. The molecule has 2 aromatic carbocycles. The van der Waals surface area contributed by atoms with E-state index >= 15 is 0 Å². The van der Waals surface area contributed by atoms with Gasteiger partial charge in [-0.25, -0.2) is 9.37 Å². The molecule has 37 heavy (non-hydrogen) atoms. The topological polar surface area (TPSA) is 66.5 Å². The smallest absolute Gasteiger partial charge is 0.181 e. The van der Waals surface area contributed by atoms with E-state index in [2.05, 4.69) is 51.9 Å². The summed E-state index contributed by atoms with van der Waals surface area (Å²) in [6.07, 6.45) is 9.88. The summed E-state index contributed by atoms with van der Waals surface area (Å²) in [4.78, 5) is 9.90. The fourth-order valence-corrected chi connectivity index (χ4v) is 6.91. The fraction of sp³-hybridized carbons (Fsp3) is 0.323. The zero-order valence-electron chi connectivity index (χ0n) is 20.8. The highest BCUT2D eigenvalue weighted by atomic mass is 19.1. The number of hydrogen-bond acceptors (Lipinski definition) is 4. The highest BCUT2D eigenvalue weighted by molar-refractivity contribution is 5.80. The molecule has 6 heteroatoms. The van der Waals surface area contributed by atoms with Gasteiger partial charge in [0.2, 0.25) is 0 Å². The molecule has 3 heterocycles. The van der Waals surface area contributed by atoms with Crippen molar-refractivity contribution < 1.29 is 4.39 Å². The van der Waals surface area contributed by atoms with E-state index in [4.69, 9.17) is 9.97 Å². The third-order valence-corrected chi connectivity index (χ3v) is 8.58. The Bertz CT molecular complexity index is 1450. The zero-order valence-corrected chi connectivity index (χ0v) is 20.8. The van der Waals surface area contributed by atoms with Crippen LogP contribution in [-0.2, 0) is 12.0 Å². The van der Waals surface area contributed by atoms with E-state index in [1.54, 1.807) is 12.1 Å². The largest absolute Gasteiger partial charge is 0.292 e. The molecule has 1 saturated carbocycles. The number of pyridine rings is 1. The van der Waals surface area contributed by atoms with Gasteiger partial charge in [0.25, 0.3) is 0 Å². The quantitative estimate of drug-likeness (QED) is 0.341. The SMILES string of the molecule is Fc1ccc(-c2n[nH]c(C3CC4=C(Cc5ccccc54)C(c4ccccn4)(C4CCCCC4)N3)n2)cc1. The molecule has 2 unspecified atom stereocenters. The summed E-state index contributed by atoms with van der Waals surface area (Å²) in [7, 11) is 0. The van der Waals surface area contributed by atoms with Gasteiger partial charge in [-0.15, -0.1) is 0 Å². The van der Waals surface area contributed by atoms with Crippen LogP contribution < -0.4 is 5.32 Å². The minimum absolute atomic E-state index is 0.0458. The van der Waals surface area contributed by atoms with Crippen LogP contribution in [0.4, 0.5) is 4.39 Å². The molecule has 186 valence electrons. The van der Waals surface area contributed by atoms with Crippen LogP contribution in [0.3, 0.4) is 0 Å². The van der Waals surface area contributed by atoms with Gasteiger partial charge in [0.15, 0.2) is 5.82 Å². The molecule has 0 radical (unpaired) electrons. The second kappa shape index (κ2) is 9.03. The number of halogens is 1. The number of hydrogen-bond donors (Lipinski definition) is 2. The molecule has 0 spiro atoms. The zero-order chi connectivity index (χ0) is 24.8. The monoisotopic (exact) mass is 491 g/mol. The standard InChI is InChI=1S/C31H30FN5/c32-23-15-13-20(14-16-23)29-34-30(37-36-29)27-19-25-24-11-5-4-8-21(24)18-26(25)31(35-27,22-9-2-1-3-10-22)28-12-6-7-17-33-28/h4-8,11-17,22,27,35H,1-3,9-10,18-19H2,(H,34,36,37). The van der Waals surface area contributed by atoms with Crippen molar-refractivity contribution in [3.05, 3.63) is 107 Å². The van der Waals surface area contributed by atoms with Crippen LogP contribution >= 0.6 is 0 Å². The van der Waals surface area contributed by atoms with Gasteiger partial charge in [0.05, 0.1) is 17.3 Å². The Morgan fingerprint density at radius 3 is 2.51 bits per heavy atom. The Hall–Kier alpha value is -3.64. The van der Waals surface area contributed by atoms with Crippen molar-refractivity contribution >= 4 is 5.57 Å². The lowest BCUT2D eigenvalue weighted by atomic mass is 9.65. The number of aromatic nitrogens is 4. The van der Waals surface area contributed by atoms with E-state index in [9.17, 15) is 4.39 Å². The van der Waals surface area contributed by atoms with Crippen LogP contribution in [0.1, 0.15) is 67.2 Å². The number of fused-ring (bicyclic) bond motifs is 2. The normalized spacial score (nSPS) is 23.6. The molecular formula is C31H30FN5. The summed E-state index contributed by atoms with van der Waals surface area (Å²) in [5.41, 5.74) is 7.21. The molecule has 1 fully saturated rings. The van der Waals surface area contributed by atoms with Gasteiger partial charge in [0, 0.05) is 11.8 Å². The second-order valence-corrected chi connectivity index (χ2v) is 10.6. The summed E-state index contributed by atoms with van der Waals surface area (Å²) in [6.45, 7) is 0. The Balaban J connectivity index is 1.37. The molecule has 1 aliphatic heterocycles. The summed E-state index contributed by atoms with van der Waals surface area (Å²) in [5, 5.41) is 11.9. The average molecular weight is 492 g/mol. The predicted octanol–water partition coefficient (Wildman–Crippen LogP) is 6.53. The summed E-state index contributed by atoms with van der Waals surface area (Å²) in [5.74, 6) is 1.59. The van der Waals surface area contributed by atoms with Crippen molar-refractivity contribution in [3.8, 4) is 11.4 Å². The van der Waals surface area contributed by atoms with Gasteiger partial charge in [0.1, 0.15) is 11.6 Å². The molecule has 4 aromatic rings. The molecule has 7 rings (SSSR count). The minimum atomic E-state index is -0.359. The molecule has 0 amide bonds. The molecule has 2 aliphatic carbocycles. The second-order valence-electron chi connectivity index (χ2n) is 10.6. The number of nitrogens with zero attached hydrogens (tertiary/aromatic N) is 3. The van der Waals surface area contributed by atoms with Gasteiger partial charge in [-0.3, -0.25) is 15.4 Å². The lowest BCUT2D eigenvalue weighted by Crippen LogP contribution is -2.55. The number of nitrogens with one attached hydrogen (secondary N) is 2. The molecule has 3 aliphatic rings. The molecule has 0 saturated heterocycles. The molecular weight excluding hydrogens is 461 g/mol. The Kier molecular flexibility index (Phi) is 5.50. The van der Waals surface area contributed by atoms with E-state index < -0.39 is 0 Å². The highest BCUT2D eigenvalue weighted by Crippen LogP contribution is 2.55. The van der Waals surface area contributed by atoms with Crippen LogP contribution in [0.2, 0.25) is 0 Å². The van der Waals surface area contributed by atoms with Gasteiger partial charge in [-0.2, -0.15) is 5.10 Å². The average Bonchev–Trinajstić information content (AvgIpc) is 3.60. The van der Waals surface area contributed by atoms with E-state index in [-0.39, 0.29) is 17.4 Å². The van der Waals surface area contributed by atoms with Crippen LogP contribution in [0.15, 0.2) is 78.5 Å². The van der Waals surface area contributed by atoms with Crippen molar-refractivity contribution in [3.63, 3.8) is 0 Å². The molecule has 2 N–H and O–H groups in total. The summed E-state index contributed by atoms with van der Waals surface area (Å²) >= 11 is 0. The first kappa shape index (κ1) is 22.5. The third kappa shape index (κ3) is 3.74. The Morgan fingerprint density at radius 1 is 0.892 bits per heavy atom. The van der Waals surface area contributed by atoms with Gasteiger partial charge in [-0.1, -0.05) is 49.6 Å². The van der Waals surface area contributed by atoms with Gasteiger partial charge in [-0.05, 0) is 90.3 Å². The van der Waals surface area contributed by atoms with Crippen molar-refractivity contribution in [1.82, 2.24) is 25.5 Å². The lowest BCUT2D eigenvalue weighted by Gasteiger charge is -2.49. The lowest BCUT2D eigenvalue weighted by molar-refractivity contribution is 0.161. The van der Waals surface area contributed by atoms with Crippen molar-refractivity contribution in [2.75, 3.05) is 0 Å². The number of H-pyrrole nitrogens is 1. The molecule has 5 nitrogen and oxygen atoms in total. The van der Waals surface area contributed by atoms with E-state index in [0.717, 1.165) is 29.9 Å². The van der Waals surface area contributed by atoms with Crippen molar-refractivity contribution in [1.29, 1.82) is 0 Å². The van der Waals surface area contributed by atoms with Gasteiger partial charge < -0.3 is 0 Å². The number of rotatable bonds is 4. The first-order valence-electron chi connectivity index (χ1n) is 13.4. The number of benzene rings is 2. The first-order valence-corrected chi connectivity index (χ1v) is 13.4. The van der Waals surface area contributed by atoms with Crippen LogP contribution in [0, 0.1) is 11.7 Å². The first-order chi connectivity index (χ1) is 18.2. The third-order valence-electron chi connectivity index (χ3n) is 8.58. The Labute approximate surface area is 216 Å². The summed E-state index contributed by atoms with van der Waals surface area (Å²) in [6, 6.07) is 21.5. The Morgan fingerprint density at radius 2 is 1.70 bits per heavy atom. The van der Waals surface area contributed by atoms with Crippen LogP contribution in [-0.4, -0.2) is 20.2 Å². The predicted molar refractivity (Wildman–Crippen MR) is 142 cm³/mol. The van der Waals surface area contributed by atoms with Crippen molar-refractivity contribution in [2.45, 2.75) is 56.5 Å². The van der Waals surface area contributed by atoms with Crippen molar-refractivity contribution in [2.24, 2.45) is 5.92 Å². The summed E-state index contributed by atoms with van der Waals surface area (Å²) < 4.78 is 13.5. The highest BCUT2D eigenvalue weighted by Gasteiger charge is 2.52. The van der Waals surface area contributed by atoms with Gasteiger partial charge >= 0.3 is 0 Å². The van der Waals surface area contributed by atoms with E-state index in [1.165, 1.54) is 66.5 Å². The minimum Gasteiger partial charge on any atom is -0.292 e. The van der Waals surface area contributed by atoms with E-state index in [0.29, 0.717) is 11.7 Å². The number of aromatic amines is 1. The van der Waals surface area contributed by atoms with Crippen LogP contribution in [0.25, 0.3) is 17.0 Å². The maximum atomic E-state index is 13.5. The van der Waals surface area contributed by atoms with E-state index in [1.807, 2.05) is 12.3 Å². The maximum Gasteiger partial charge on any atom is 0.181 e. The van der Waals surface area contributed by atoms with Crippen LogP contribution in [0.5, 0.6) is 0 Å². The molecule has 2 atom stereocenters. The molecule has 2 aromatic heterocycles. The fourth-order valence-electron chi connectivity index (χ4n) is 6.91.